The number of H-pyrrole nitrogens is 1. The van der Waals surface area contributed by atoms with Crippen molar-refractivity contribution in [2.24, 2.45) is 5.92 Å². The van der Waals surface area contributed by atoms with Gasteiger partial charge in [-0.15, -0.1) is 0 Å². The summed E-state index contributed by atoms with van der Waals surface area (Å²) in [5.74, 6) is -1.10. The summed E-state index contributed by atoms with van der Waals surface area (Å²) in [7, 11) is 0. The molecule has 0 aromatic carbocycles. The zero-order valence-corrected chi connectivity index (χ0v) is 10.1. The van der Waals surface area contributed by atoms with Crippen molar-refractivity contribution >= 4 is 5.97 Å². The van der Waals surface area contributed by atoms with E-state index in [-0.39, 0.29) is 11.3 Å². The van der Waals surface area contributed by atoms with Gasteiger partial charge in [-0.2, -0.15) is 0 Å². The quantitative estimate of drug-likeness (QED) is 0.687. The van der Waals surface area contributed by atoms with Gasteiger partial charge >= 0.3 is 5.97 Å². The van der Waals surface area contributed by atoms with Crippen LogP contribution in [0.4, 0.5) is 0 Å². The third kappa shape index (κ3) is 3.38. The van der Waals surface area contributed by atoms with Gasteiger partial charge < -0.3 is 15.4 Å². The van der Waals surface area contributed by atoms with Crippen LogP contribution in [0.3, 0.4) is 0 Å². The van der Waals surface area contributed by atoms with Crippen LogP contribution in [0.5, 0.6) is 0 Å². The van der Waals surface area contributed by atoms with E-state index >= 15 is 0 Å². The number of nitrogens with one attached hydrogen (secondary N) is 2. The Morgan fingerprint density at radius 2 is 2.31 bits per heavy atom. The summed E-state index contributed by atoms with van der Waals surface area (Å²) in [5.41, 5.74) is 1.24. The first-order valence-electron chi connectivity index (χ1n) is 5.50. The molecule has 1 heterocycles. The molecule has 4 heteroatoms. The SMILES string of the molecule is CC(CNCC(C)(C)c1cc[nH]c1)C(=O)O. The fourth-order valence-corrected chi connectivity index (χ4v) is 1.54. The van der Waals surface area contributed by atoms with Crippen molar-refractivity contribution in [1.29, 1.82) is 0 Å². The van der Waals surface area contributed by atoms with Crippen LogP contribution in [0.15, 0.2) is 18.5 Å². The Morgan fingerprint density at radius 3 is 2.81 bits per heavy atom. The predicted molar refractivity (Wildman–Crippen MR) is 63.5 cm³/mol. The van der Waals surface area contributed by atoms with E-state index in [1.54, 1.807) is 6.92 Å². The number of aliphatic carboxylic acids is 1. The van der Waals surface area contributed by atoms with E-state index in [9.17, 15) is 4.79 Å². The molecular weight excluding hydrogens is 204 g/mol. The Kier molecular flexibility index (Phi) is 4.12. The van der Waals surface area contributed by atoms with Crippen LogP contribution >= 0.6 is 0 Å². The summed E-state index contributed by atoms with van der Waals surface area (Å²) in [6, 6.07) is 2.04. The predicted octanol–water partition coefficient (Wildman–Crippen LogP) is 1.60. The Balaban J connectivity index is 2.40. The molecule has 0 fully saturated rings. The van der Waals surface area contributed by atoms with Gasteiger partial charge in [0.2, 0.25) is 0 Å². The van der Waals surface area contributed by atoms with Crippen LogP contribution in [0.25, 0.3) is 0 Å². The first kappa shape index (κ1) is 12.8. The fourth-order valence-electron chi connectivity index (χ4n) is 1.54. The summed E-state index contributed by atoms with van der Waals surface area (Å²) >= 11 is 0. The third-order valence-electron chi connectivity index (χ3n) is 2.82. The van der Waals surface area contributed by atoms with E-state index in [0.29, 0.717) is 6.54 Å². The summed E-state index contributed by atoms with van der Waals surface area (Å²) in [6.07, 6.45) is 3.87. The van der Waals surface area contributed by atoms with Crippen LogP contribution in [-0.4, -0.2) is 29.1 Å². The molecule has 0 radical (unpaired) electrons. The highest BCUT2D eigenvalue weighted by molar-refractivity contribution is 5.69. The maximum absolute atomic E-state index is 10.6. The van der Waals surface area contributed by atoms with Crippen LogP contribution in [0.1, 0.15) is 26.3 Å². The number of rotatable bonds is 6. The minimum Gasteiger partial charge on any atom is -0.481 e. The molecule has 90 valence electrons. The largest absolute Gasteiger partial charge is 0.481 e. The molecule has 0 bridgehead atoms. The van der Waals surface area contributed by atoms with E-state index in [4.69, 9.17) is 5.11 Å². The van der Waals surface area contributed by atoms with Gasteiger partial charge in [-0.3, -0.25) is 4.79 Å². The molecule has 0 aliphatic rings. The van der Waals surface area contributed by atoms with E-state index in [2.05, 4.69) is 24.1 Å². The van der Waals surface area contributed by atoms with Crippen molar-refractivity contribution in [3.63, 3.8) is 0 Å². The van der Waals surface area contributed by atoms with Crippen LogP contribution in [0.2, 0.25) is 0 Å². The lowest BCUT2D eigenvalue weighted by Crippen LogP contribution is -2.36. The molecule has 0 saturated heterocycles. The number of aromatic amines is 1. The molecule has 3 N–H and O–H groups in total. The molecule has 0 aliphatic carbocycles. The van der Waals surface area contributed by atoms with E-state index in [1.807, 2.05) is 18.5 Å². The normalized spacial score (nSPS) is 13.7. The van der Waals surface area contributed by atoms with E-state index < -0.39 is 5.97 Å². The third-order valence-corrected chi connectivity index (χ3v) is 2.82. The van der Waals surface area contributed by atoms with Crippen molar-refractivity contribution in [3.05, 3.63) is 24.0 Å². The highest BCUT2D eigenvalue weighted by Gasteiger charge is 2.21. The average Bonchev–Trinajstić information content (AvgIpc) is 2.70. The van der Waals surface area contributed by atoms with Gasteiger partial charge in [0.1, 0.15) is 0 Å². The zero-order valence-electron chi connectivity index (χ0n) is 10.1. The Morgan fingerprint density at radius 1 is 1.62 bits per heavy atom. The fraction of sp³-hybridized carbons (Fsp3) is 0.583. The lowest BCUT2D eigenvalue weighted by atomic mass is 9.86. The maximum Gasteiger partial charge on any atom is 0.307 e. The smallest absolute Gasteiger partial charge is 0.307 e. The molecule has 1 aromatic heterocycles. The number of hydrogen-bond donors (Lipinski definition) is 3. The van der Waals surface area contributed by atoms with Gasteiger partial charge in [-0.1, -0.05) is 20.8 Å². The monoisotopic (exact) mass is 224 g/mol. The van der Waals surface area contributed by atoms with Crippen LogP contribution in [0, 0.1) is 5.92 Å². The van der Waals surface area contributed by atoms with Crippen molar-refractivity contribution in [2.75, 3.05) is 13.1 Å². The molecule has 1 rings (SSSR count). The van der Waals surface area contributed by atoms with Crippen molar-refractivity contribution in [3.8, 4) is 0 Å². The van der Waals surface area contributed by atoms with Gasteiger partial charge in [0.15, 0.2) is 0 Å². The second kappa shape index (κ2) is 5.16. The second-order valence-corrected chi connectivity index (χ2v) is 4.85. The highest BCUT2D eigenvalue weighted by atomic mass is 16.4. The minimum absolute atomic E-state index is 0.0121. The molecule has 16 heavy (non-hydrogen) atoms. The first-order valence-corrected chi connectivity index (χ1v) is 5.50. The number of aromatic nitrogens is 1. The second-order valence-electron chi connectivity index (χ2n) is 4.85. The van der Waals surface area contributed by atoms with E-state index in [0.717, 1.165) is 6.54 Å². The minimum atomic E-state index is -0.757. The number of carboxylic acids is 1. The van der Waals surface area contributed by atoms with Crippen molar-refractivity contribution < 1.29 is 9.90 Å². The average molecular weight is 224 g/mol. The van der Waals surface area contributed by atoms with Crippen molar-refractivity contribution in [2.45, 2.75) is 26.2 Å². The molecule has 0 spiro atoms. The molecule has 0 saturated carbocycles. The van der Waals surface area contributed by atoms with Gasteiger partial charge in [-0.25, -0.2) is 0 Å². The molecule has 1 atom stereocenters. The van der Waals surface area contributed by atoms with Crippen LogP contribution in [-0.2, 0) is 10.2 Å². The van der Waals surface area contributed by atoms with Gasteiger partial charge in [0.25, 0.3) is 0 Å². The molecule has 0 amide bonds. The lowest BCUT2D eigenvalue weighted by Gasteiger charge is -2.24. The van der Waals surface area contributed by atoms with E-state index in [1.165, 1.54) is 5.56 Å². The molecule has 4 nitrogen and oxygen atoms in total. The number of carboxylic acid groups (broad SMARTS) is 1. The summed E-state index contributed by atoms with van der Waals surface area (Å²) in [5, 5.41) is 12.0. The Hall–Kier alpha value is -1.29. The van der Waals surface area contributed by atoms with Gasteiger partial charge in [0, 0.05) is 30.9 Å². The molecular formula is C12H20N2O2. The Labute approximate surface area is 96.1 Å². The lowest BCUT2D eigenvalue weighted by molar-refractivity contribution is -0.140. The summed E-state index contributed by atoms with van der Waals surface area (Å²) in [4.78, 5) is 13.7. The number of carbonyl (C=O) groups is 1. The van der Waals surface area contributed by atoms with Gasteiger partial charge in [-0.05, 0) is 11.6 Å². The van der Waals surface area contributed by atoms with Crippen molar-refractivity contribution in [1.82, 2.24) is 10.3 Å². The summed E-state index contributed by atoms with van der Waals surface area (Å²) in [6.45, 7) is 7.24. The summed E-state index contributed by atoms with van der Waals surface area (Å²) < 4.78 is 0. The van der Waals surface area contributed by atoms with Crippen LogP contribution < -0.4 is 5.32 Å². The Bertz CT molecular complexity index is 331. The molecule has 1 unspecified atom stereocenters. The zero-order chi connectivity index (χ0) is 12.2. The first-order chi connectivity index (χ1) is 7.43. The standard InChI is InChI=1S/C12H20N2O2/c1-9(11(15)16)6-14-8-12(2,3)10-4-5-13-7-10/h4-5,7,9,13-14H,6,8H2,1-3H3,(H,15,16). The maximum atomic E-state index is 10.6. The molecule has 1 aromatic rings. The topological polar surface area (TPSA) is 65.1 Å². The van der Waals surface area contributed by atoms with Gasteiger partial charge in [0.05, 0.1) is 5.92 Å². The molecule has 0 aliphatic heterocycles. The number of hydrogen-bond acceptors (Lipinski definition) is 2. The highest BCUT2D eigenvalue weighted by Crippen LogP contribution is 2.21.